The zero-order valence-corrected chi connectivity index (χ0v) is 36.0. The van der Waals surface area contributed by atoms with Crippen molar-refractivity contribution >= 4 is 23.9 Å². The smallest absolute Gasteiger partial charge is 0.312 e. The molecule has 310 valence electrons. The molecule has 0 N–H and O–H groups in total. The van der Waals surface area contributed by atoms with Crippen LogP contribution >= 0.6 is 0 Å². The van der Waals surface area contributed by atoms with Gasteiger partial charge in [0.1, 0.15) is 24.4 Å². The van der Waals surface area contributed by atoms with Gasteiger partial charge in [0.2, 0.25) is 0 Å². The van der Waals surface area contributed by atoms with Crippen LogP contribution in [0.3, 0.4) is 0 Å². The Hall–Kier alpha value is -5.24. The predicted octanol–water partition coefficient (Wildman–Crippen LogP) is 11.8. The van der Waals surface area contributed by atoms with Gasteiger partial charge in [0.05, 0.1) is 21.7 Å². The molecule has 58 heavy (non-hydrogen) atoms. The summed E-state index contributed by atoms with van der Waals surface area (Å²) < 4.78 is 24.6. The van der Waals surface area contributed by atoms with E-state index in [-0.39, 0.29) is 19.3 Å². The molecule has 0 aliphatic rings. The van der Waals surface area contributed by atoms with Gasteiger partial charge in [0.25, 0.3) is 0 Å². The summed E-state index contributed by atoms with van der Waals surface area (Å²) in [4.78, 5) is 57.9. The van der Waals surface area contributed by atoms with Crippen LogP contribution in [-0.4, -0.2) is 23.9 Å². The van der Waals surface area contributed by atoms with Gasteiger partial charge in [-0.15, -0.1) is 0 Å². The number of hydrogen-bond donors (Lipinski definition) is 0. The molecule has 0 saturated heterocycles. The zero-order chi connectivity index (χ0) is 42.7. The molecule has 8 nitrogen and oxygen atoms in total. The van der Waals surface area contributed by atoms with Crippen molar-refractivity contribution in [2.45, 2.75) is 119 Å². The van der Waals surface area contributed by atoms with E-state index in [9.17, 15) is 19.2 Å². The first-order valence-corrected chi connectivity index (χ1v) is 20.4. The van der Waals surface area contributed by atoms with Crippen molar-refractivity contribution in [3.8, 4) is 0 Å². The lowest BCUT2D eigenvalue weighted by Crippen LogP contribution is -2.47. The summed E-state index contributed by atoms with van der Waals surface area (Å²) in [5.74, 6) is -2.14. The van der Waals surface area contributed by atoms with E-state index in [0.29, 0.717) is 6.42 Å². The Morgan fingerprint density at radius 3 is 0.931 bits per heavy atom. The van der Waals surface area contributed by atoms with Crippen molar-refractivity contribution < 1.29 is 38.1 Å². The molecule has 0 amide bonds. The third kappa shape index (κ3) is 11.7. The molecule has 0 fully saturated rings. The van der Waals surface area contributed by atoms with E-state index in [0.717, 1.165) is 22.3 Å². The van der Waals surface area contributed by atoms with Gasteiger partial charge >= 0.3 is 23.9 Å². The van der Waals surface area contributed by atoms with Gasteiger partial charge in [0, 0.05) is 0 Å². The molecule has 7 unspecified atom stereocenters. The lowest BCUT2D eigenvalue weighted by atomic mass is 9.61. The molecule has 0 bridgehead atoms. The number of hydrogen-bond acceptors (Lipinski definition) is 8. The van der Waals surface area contributed by atoms with Crippen molar-refractivity contribution in [2.24, 2.45) is 21.7 Å². The number of benzene rings is 4. The van der Waals surface area contributed by atoms with Gasteiger partial charge < -0.3 is 18.9 Å². The van der Waals surface area contributed by atoms with Crippen LogP contribution in [0.5, 0.6) is 0 Å². The van der Waals surface area contributed by atoms with Crippen molar-refractivity contribution in [2.75, 3.05) is 0 Å². The minimum absolute atomic E-state index is 0.00971. The number of esters is 4. The fourth-order valence-electron chi connectivity index (χ4n) is 7.92. The maximum Gasteiger partial charge on any atom is 0.312 e. The maximum atomic E-state index is 14.8. The van der Waals surface area contributed by atoms with Crippen LogP contribution < -0.4 is 0 Å². The first-order valence-electron chi connectivity index (χ1n) is 20.4. The average Bonchev–Trinajstić information content (AvgIpc) is 3.21. The summed E-state index contributed by atoms with van der Waals surface area (Å²) in [6.45, 7) is 17.8. The van der Waals surface area contributed by atoms with Crippen LogP contribution in [0.1, 0.15) is 142 Å². The van der Waals surface area contributed by atoms with Crippen LogP contribution in [0.25, 0.3) is 0 Å². The second-order valence-corrected chi connectivity index (χ2v) is 17.3. The first-order chi connectivity index (χ1) is 27.3. The summed E-state index contributed by atoms with van der Waals surface area (Å²) in [5, 5.41) is 0. The SMILES string of the molecule is CCC(C)(CC(C)(CC(C)(CC(C)(C)C(=O)OC(C)c1ccccc1)C(=O)OC(C)c1ccccc1)C(=O)OC(C)c1ccccc1)C(=O)OC(C)c1ccccc1. The lowest BCUT2D eigenvalue weighted by Gasteiger charge is -2.43. The van der Waals surface area contributed by atoms with Gasteiger partial charge in [-0.25, -0.2) is 0 Å². The molecule has 0 aliphatic carbocycles. The first kappa shape index (κ1) is 45.5. The van der Waals surface area contributed by atoms with Gasteiger partial charge in [-0.2, -0.15) is 0 Å². The molecule has 8 heteroatoms. The molecular formula is C50H62O8. The number of rotatable bonds is 19. The highest BCUT2D eigenvalue weighted by Gasteiger charge is 2.54. The molecule has 0 saturated carbocycles. The van der Waals surface area contributed by atoms with Crippen molar-refractivity contribution in [1.29, 1.82) is 0 Å². The molecule has 4 rings (SSSR count). The predicted molar refractivity (Wildman–Crippen MR) is 226 cm³/mol. The normalized spacial score (nSPS) is 16.8. The van der Waals surface area contributed by atoms with E-state index in [1.54, 1.807) is 48.5 Å². The number of carbonyl (C=O) groups excluding carboxylic acids is 4. The van der Waals surface area contributed by atoms with Crippen LogP contribution in [0.15, 0.2) is 121 Å². The van der Waals surface area contributed by atoms with E-state index >= 15 is 0 Å². The third-order valence-corrected chi connectivity index (χ3v) is 11.4. The molecule has 0 spiro atoms. The molecular weight excluding hydrogens is 729 g/mol. The van der Waals surface area contributed by atoms with Gasteiger partial charge in [-0.05, 0) is 110 Å². The van der Waals surface area contributed by atoms with Gasteiger partial charge in [-0.3, -0.25) is 19.2 Å². The van der Waals surface area contributed by atoms with E-state index in [1.165, 1.54) is 0 Å². The van der Waals surface area contributed by atoms with E-state index in [4.69, 9.17) is 18.9 Å². The minimum atomic E-state index is -1.46. The van der Waals surface area contributed by atoms with E-state index in [2.05, 4.69) is 0 Å². The lowest BCUT2D eigenvalue weighted by molar-refractivity contribution is -0.177. The van der Waals surface area contributed by atoms with Crippen LogP contribution in [0.2, 0.25) is 0 Å². The zero-order valence-electron chi connectivity index (χ0n) is 36.0. The summed E-state index contributed by atoms with van der Waals surface area (Å²) in [6, 6.07) is 37.7. The maximum absolute atomic E-state index is 14.8. The Labute approximate surface area is 345 Å². The van der Waals surface area contributed by atoms with E-state index < -0.39 is 70.0 Å². The Balaban J connectivity index is 1.76. The molecule has 4 aromatic carbocycles. The largest absolute Gasteiger partial charge is 0.457 e. The molecule has 7 atom stereocenters. The van der Waals surface area contributed by atoms with Crippen molar-refractivity contribution in [1.82, 2.24) is 0 Å². The fourth-order valence-corrected chi connectivity index (χ4v) is 7.92. The molecule has 0 aliphatic heterocycles. The quantitative estimate of drug-likeness (QED) is 0.0683. The third-order valence-electron chi connectivity index (χ3n) is 11.4. The van der Waals surface area contributed by atoms with E-state index in [1.807, 2.05) is 142 Å². The summed E-state index contributed by atoms with van der Waals surface area (Å²) in [6.07, 6.45) is -2.16. The summed E-state index contributed by atoms with van der Waals surface area (Å²) >= 11 is 0. The van der Waals surface area contributed by atoms with Crippen LogP contribution in [-0.2, 0) is 38.1 Å². The van der Waals surface area contributed by atoms with Crippen LogP contribution in [0, 0.1) is 21.7 Å². The van der Waals surface area contributed by atoms with Crippen LogP contribution in [0.4, 0.5) is 0 Å². The minimum Gasteiger partial charge on any atom is -0.457 e. The standard InChI is InChI=1S/C50H62O8/c1-11-48(8,44(52)56-36(3)40-26-18-13-19-27-40)33-50(10,46(54)58-38(5)42-30-22-15-23-31-42)34-49(9,45(53)57-37(4)41-28-20-14-21-29-41)32-47(6,7)43(51)55-35(2)39-24-16-12-17-25-39/h12-31,35-38H,11,32-34H2,1-10H3. The average molecular weight is 791 g/mol. The summed E-state index contributed by atoms with van der Waals surface area (Å²) in [7, 11) is 0. The highest BCUT2D eigenvalue weighted by Crippen LogP contribution is 2.51. The fraction of sp³-hybridized carbons (Fsp3) is 0.440. The Morgan fingerprint density at radius 2 is 0.638 bits per heavy atom. The number of carbonyl (C=O) groups is 4. The second kappa shape index (κ2) is 19.5. The molecule has 0 radical (unpaired) electrons. The summed E-state index contributed by atoms with van der Waals surface area (Å²) in [5.41, 5.74) is -2.04. The number of ether oxygens (including phenoxy) is 4. The van der Waals surface area contributed by atoms with Crippen molar-refractivity contribution in [3.63, 3.8) is 0 Å². The Bertz CT molecular complexity index is 1950. The Kier molecular flexibility index (Phi) is 15.3. The van der Waals surface area contributed by atoms with Crippen molar-refractivity contribution in [3.05, 3.63) is 144 Å². The second-order valence-electron chi connectivity index (χ2n) is 17.3. The highest BCUT2D eigenvalue weighted by atomic mass is 16.6. The monoisotopic (exact) mass is 790 g/mol. The van der Waals surface area contributed by atoms with Gasteiger partial charge in [-0.1, -0.05) is 128 Å². The molecule has 4 aromatic rings. The molecule has 0 heterocycles. The highest BCUT2D eigenvalue weighted by molar-refractivity contribution is 5.84. The topological polar surface area (TPSA) is 105 Å². The molecule has 0 aromatic heterocycles. The Morgan fingerprint density at radius 1 is 0.397 bits per heavy atom. The van der Waals surface area contributed by atoms with Gasteiger partial charge in [0.15, 0.2) is 0 Å².